The van der Waals surface area contributed by atoms with Gasteiger partial charge in [-0.05, 0) is 24.6 Å². The monoisotopic (exact) mass is 401 g/mol. The van der Waals surface area contributed by atoms with Crippen molar-refractivity contribution in [3.63, 3.8) is 0 Å². The van der Waals surface area contributed by atoms with Gasteiger partial charge in [0.15, 0.2) is 0 Å². The van der Waals surface area contributed by atoms with Gasteiger partial charge >= 0.3 is 6.55 Å². The summed E-state index contributed by atoms with van der Waals surface area (Å²) in [6, 6.07) is 2.18. The Bertz CT molecular complexity index is 1050. The molecule has 3 aromatic heterocycles. The number of aryl methyl sites for hydroxylation is 1. The minimum absolute atomic E-state index is 0.0665. The Morgan fingerprint density at radius 1 is 1.30 bits per heavy atom. The first-order valence-electron chi connectivity index (χ1n) is 7.35. The number of halogens is 4. The molecule has 27 heavy (non-hydrogen) atoms. The average molecular weight is 401 g/mol. The Labute approximate surface area is 152 Å². The molecule has 3 aromatic rings. The van der Waals surface area contributed by atoms with Crippen LogP contribution < -0.4 is 11.1 Å². The van der Waals surface area contributed by atoms with Crippen molar-refractivity contribution in [1.29, 1.82) is 0 Å². The van der Waals surface area contributed by atoms with Crippen LogP contribution >= 0.6 is 11.3 Å². The Kier molecular flexibility index (Phi) is 4.83. The highest BCUT2D eigenvalue weighted by Crippen LogP contribution is 2.38. The number of hydrogen-bond acceptors (Lipinski definition) is 5. The van der Waals surface area contributed by atoms with E-state index in [-0.39, 0.29) is 25.5 Å². The van der Waals surface area contributed by atoms with Crippen molar-refractivity contribution in [3.8, 4) is 0 Å². The first kappa shape index (κ1) is 18.8. The second-order valence-electron chi connectivity index (χ2n) is 5.41. The number of anilines is 1. The molecule has 2 amide bonds. The molecule has 12 heteroatoms. The number of rotatable bonds is 5. The average Bonchev–Trinajstić information content (AvgIpc) is 3.19. The fourth-order valence-electron chi connectivity index (χ4n) is 2.54. The maximum atomic E-state index is 13.0. The number of nitrogens with two attached hydrogens (primary N) is 1. The molecule has 3 N–H and O–H groups in total. The molecule has 0 spiro atoms. The standard InChI is InChI=1S/C15H11F4N5O2S/c1-5-4-6(11(16)17)22-14-8(5)9(10(27-14)12(20)25)23-13(26)7-2-3-21-24(7)15(18)19/h2-4,11,15H,1H3,(H2,20,25)(H,23,26). The number of alkyl halides is 4. The molecule has 0 aliphatic heterocycles. The molecule has 7 nitrogen and oxygen atoms in total. The highest BCUT2D eigenvalue weighted by Gasteiger charge is 2.25. The summed E-state index contributed by atoms with van der Waals surface area (Å²) in [6.45, 7) is -1.56. The predicted molar refractivity (Wildman–Crippen MR) is 89.3 cm³/mol. The van der Waals surface area contributed by atoms with Crippen molar-refractivity contribution in [2.24, 2.45) is 5.73 Å². The quantitative estimate of drug-likeness (QED) is 0.639. The maximum Gasteiger partial charge on any atom is 0.333 e. The number of aromatic nitrogens is 3. The molecule has 0 radical (unpaired) electrons. The lowest BCUT2D eigenvalue weighted by Gasteiger charge is -2.09. The van der Waals surface area contributed by atoms with E-state index in [9.17, 15) is 27.2 Å². The molecule has 0 aromatic carbocycles. The van der Waals surface area contributed by atoms with E-state index >= 15 is 0 Å². The van der Waals surface area contributed by atoms with Crippen LogP contribution in [0.4, 0.5) is 23.2 Å². The van der Waals surface area contributed by atoms with Gasteiger partial charge in [0, 0.05) is 11.6 Å². The minimum atomic E-state index is -3.05. The van der Waals surface area contributed by atoms with Crippen LogP contribution in [0.25, 0.3) is 10.2 Å². The SMILES string of the molecule is Cc1cc(C(F)F)nc2sc(C(N)=O)c(NC(=O)c3ccnn3C(F)F)c12. The van der Waals surface area contributed by atoms with E-state index in [1.807, 2.05) is 0 Å². The normalized spacial score (nSPS) is 11.5. The van der Waals surface area contributed by atoms with Crippen LogP contribution in [0.15, 0.2) is 18.3 Å². The van der Waals surface area contributed by atoms with Crippen molar-refractivity contribution in [3.05, 3.63) is 40.2 Å². The van der Waals surface area contributed by atoms with E-state index < -0.39 is 36.2 Å². The number of hydrogen-bond donors (Lipinski definition) is 2. The Morgan fingerprint density at radius 2 is 2.00 bits per heavy atom. The molecule has 0 saturated carbocycles. The lowest BCUT2D eigenvalue weighted by Crippen LogP contribution is -2.20. The summed E-state index contributed by atoms with van der Waals surface area (Å²) in [5.41, 5.74) is 4.61. The predicted octanol–water partition coefficient (Wildman–Crippen LogP) is 3.49. The van der Waals surface area contributed by atoms with Gasteiger partial charge in [-0.1, -0.05) is 0 Å². The van der Waals surface area contributed by atoms with E-state index in [0.717, 1.165) is 29.7 Å². The molecule has 0 unspecified atom stereocenters. The van der Waals surface area contributed by atoms with Crippen LogP contribution in [0.3, 0.4) is 0 Å². The zero-order chi connectivity index (χ0) is 19.9. The lowest BCUT2D eigenvalue weighted by molar-refractivity contribution is 0.0520. The van der Waals surface area contributed by atoms with E-state index in [1.165, 1.54) is 6.92 Å². The molecule has 0 fully saturated rings. The van der Waals surface area contributed by atoms with Gasteiger partial charge in [0.1, 0.15) is 21.1 Å². The maximum absolute atomic E-state index is 13.0. The molecule has 142 valence electrons. The zero-order valence-electron chi connectivity index (χ0n) is 13.5. The summed E-state index contributed by atoms with van der Waals surface area (Å²) in [6.07, 6.45) is -1.81. The Hall–Kier alpha value is -3.02. The number of fused-ring (bicyclic) bond motifs is 1. The minimum Gasteiger partial charge on any atom is -0.365 e. The van der Waals surface area contributed by atoms with Crippen LogP contribution in [0.5, 0.6) is 0 Å². The summed E-state index contributed by atoms with van der Waals surface area (Å²) in [4.78, 5) is 27.9. The molecule has 0 atom stereocenters. The molecular weight excluding hydrogens is 390 g/mol. The van der Waals surface area contributed by atoms with Crippen molar-refractivity contribution < 1.29 is 27.2 Å². The van der Waals surface area contributed by atoms with Crippen molar-refractivity contribution in [2.75, 3.05) is 5.32 Å². The number of nitrogens with one attached hydrogen (secondary N) is 1. The third-order valence-corrected chi connectivity index (χ3v) is 4.75. The molecule has 3 heterocycles. The van der Waals surface area contributed by atoms with E-state index in [2.05, 4.69) is 15.4 Å². The number of amides is 2. The summed E-state index contributed by atoms with van der Waals surface area (Å²) in [7, 11) is 0. The molecule has 0 aliphatic rings. The van der Waals surface area contributed by atoms with Gasteiger partial charge in [-0.15, -0.1) is 11.3 Å². The number of thiophene rings is 1. The third kappa shape index (κ3) is 3.35. The fourth-order valence-corrected chi connectivity index (χ4v) is 3.60. The van der Waals surface area contributed by atoms with E-state index in [0.29, 0.717) is 5.56 Å². The lowest BCUT2D eigenvalue weighted by atomic mass is 10.1. The molecular formula is C15H11F4N5O2S. The number of carbonyl (C=O) groups is 2. The van der Waals surface area contributed by atoms with E-state index in [4.69, 9.17) is 5.73 Å². The van der Waals surface area contributed by atoms with E-state index in [1.54, 1.807) is 0 Å². The van der Waals surface area contributed by atoms with Gasteiger partial charge < -0.3 is 11.1 Å². The number of carbonyl (C=O) groups excluding carboxylic acids is 2. The van der Waals surface area contributed by atoms with Gasteiger partial charge in [-0.25, -0.2) is 13.8 Å². The first-order valence-corrected chi connectivity index (χ1v) is 8.17. The van der Waals surface area contributed by atoms with Crippen LogP contribution in [-0.4, -0.2) is 26.6 Å². The third-order valence-electron chi connectivity index (χ3n) is 3.65. The number of pyridine rings is 1. The van der Waals surface area contributed by atoms with Crippen LogP contribution in [0, 0.1) is 6.92 Å². The largest absolute Gasteiger partial charge is 0.365 e. The summed E-state index contributed by atoms with van der Waals surface area (Å²) in [5.74, 6) is -1.89. The highest BCUT2D eigenvalue weighted by molar-refractivity contribution is 7.21. The Morgan fingerprint density at radius 3 is 2.59 bits per heavy atom. The number of primary amides is 1. The molecule has 0 saturated heterocycles. The molecule has 0 aliphatic carbocycles. The van der Waals surface area contributed by atoms with Crippen molar-refractivity contribution >= 4 is 39.1 Å². The second-order valence-corrected chi connectivity index (χ2v) is 6.41. The molecule has 3 rings (SSSR count). The van der Waals surface area contributed by atoms with Gasteiger partial charge in [0.05, 0.1) is 5.69 Å². The van der Waals surface area contributed by atoms with Crippen LogP contribution in [-0.2, 0) is 0 Å². The van der Waals surface area contributed by atoms with Crippen molar-refractivity contribution in [1.82, 2.24) is 14.8 Å². The summed E-state index contributed by atoms with van der Waals surface area (Å²) >= 11 is 0.723. The Balaban J connectivity index is 2.12. The zero-order valence-corrected chi connectivity index (χ0v) is 14.4. The number of nitrogens with zero attached hydrogens (tertiary/aromatic N) is 3. The van der Waals surface area contributed by atoms with Gasteiger partial charge in [-0.3, -0.25) is 9.59 Å². The summed E-state index contributed by atoms with van der Waals surface area (Å²) in [5, 5.41) is 5.94. The topological polar surface area (TPSA) is 103 Å². The van der Waals surface area contributed by atoms with Gasteiger partial charge in [-0.2, -0.15) is 18.6 Å². The fraction of sp³-hybridized carbons (Fsp3) is 0.200. The second kappa shape index (κ2) is 6.95. The van der Waals surface area contributed by atoms with Gasteiger partial charge in [0.25, 0.3) is 18.2 Å². The first-order chi connectivity index (χ1) is 12.7. The molecule has 0 bridgehead atoms. The van der Waals surface area contributed by atoms with Crippen molar-refractivity contribution in [2.45, 2.75) is 19.9 Å². The highest BCUT2D eigenvalue weighted by atomic mass is 32.1. The van der Waals surface area contributed by atoms with Crippen LogP contribution in [0.2, 0.25) is 0 Å². The van der Waals surface area contributed by atoms with Gasteiger partial charge in [0.2, 0.25) is 0 Å². The summed E-state index contributed by atoms with van der Waals surface area (Å²) < 4.78 is 51.9. The smallest absolute Gasteiger partial charge is 0.333 e. The van der Waals surface area contributed by atoms with Crippen LogP contribution in [0.1, 0.15) is 44.4 Å².